The predicted octanol–water partition coefficient (Wildman–Crippen LogP) is 0.828. The molecule has 0 atom stereocenters. The molecule has 0 saturated carbocycles. The lowest BCUT2D eigenvalue weighted by Gasteiger charge is -2.27. The smallest absolute Gasteiger partial charge is 0.273 e. The van der Waals surface area contributed by atoms with Gasteiger partial charge in [-0.25, -0.2) is 0 Å². The van der Waals surface area contributed by atoms with Crippen LogP contribution in [0.3, 0.4) is 0 Å². The maximum atomic E-state index is 11.9. The Morgan fingerprint density at radius 2 is 2.25 bits per heavy atom. The molecule has 4 heteroatoms. The van der Waals surface area contributed by atoms with E-state index in [9.17, 15) is 4.79 Å². The van der Waals surface area contributed by atoms with Crippen LogP contribution in [0.5, 0.6) is 0 Å². The second-order valence-corrected chi connectivity index (χ2v) is 4.52. The number of fused-ring (bicyclic) bond motifs is 1. The van der Waals surface area contributed by atoms with E-state index in [1.54, 1.807) is 0 Å². The molecule has 0 aliphatic carbocycles. The summed E-state index contributed by atoms with van der Waals surface area (Å²) >= 11 is 0. The molecule has 0 amide bonds. The third-order valence-electron chi connectivity index (χ3n) is 3.14. The summed E-state index contributed by atoms with van der Waals surface area (Å²) in [6.07, 6.45) is 1.91. The Hall–Kier alpha value is -1.29. The molecule has 2 N–H and O–H groups in total. The van der Waals surface area contributed by atoms with Gasteiger partial charge in [0.25, 0.3) is 5.56 Å². The zero-order valence-electron chi connectivity index (χ0n) is 9.99. The summed E-state index contributed by atoms with van der Waals surface area (Å²) in [5.41, 5.74) is 8.51. The first-order chi connectivity index (χ1) is 7.63. The number of rotatable bonds is 2. The van der Waals surface area contributed by atoms with Gasteiger partial charge in [0, 0.05) is 31.7 Å². The molecular weight excluding hydrogens is 202 g/mol. The van der Waals surface area contributed by atoms with Crippen LogP contribution in [0.2, 0.25) is 0 Å². The minimum Gasteiger partial charge on any atom is -0.394 e. The van der Waals surface area contributed by atoms with Crippen molar-refractivity contribution >= 4 is 5.69 Å². The standard InChI is InChI=1S/C12H19N3O/c1-3-5-15-11-4-6-14(2)8-9(11)7-10(13)12(15)16/h7H,3-6,8,13H2,1-2H3. The number of hydrogen-bond donors (Lipinski definition) is 1. The molecule has 0 radical (unpaired) electrons. The van der Waals surface area contributed by atoms with Crippen LogP contribution < -0.4 is 11.3 Å². The molecular formula is C12H19N3O. The monoisotopic (exact) mass is 221 g/mol. The Kier molecular flexibility index (Phi) is 3.01. The zero-order chi connectivity index (χ0) is 11.7. The lowest BCUT2D eigenvalue weighted by atomic mass is 10.0. The van der Waals surface area contributed by atoms with Crippen LogP contribution in [0.25, 0.3) is 0 Å². The highest BCUT2D eigenvalue weighted by Gasteiger charge is 2.18. The molecule has 16 heavy (non-hydrogen) atoms. The number of nitrogen functional groups attached to an aromatic ring is 1. The second kappa shape index (κ2) is 4.29. The molecule has 0 saturated heterocycles. The van der Waals surface area contributed by atoms with Crippen LogP contribution in [0.1, 0.15) is 24.6 Å². The Labute approximate surface area is 95.7 Å². The first kappa shape index (κ1) is 11.2. The van der Waals surface area contributed by atoms with Crippen molar-refractivity contribution < 1.29 is 0 Å². The van der Waals surface area contributed by atoms with Gasteiger partial charge in [0.15, 0.2) is 0 Å². The third-order valence-corrected chi connectivity index (χ3v) is 3.14. The molecule has 1 aliphatic heterocycles. The lowest BCUT2D eigenvalue weighted by molar-refractivity contribution is 0.304. The van der Waals surface area contributed by atoms with Gasteiger partial charge in [-0.3, -0.25) is 4.79 Å². The highest BCUT2D eigenvalue weighted by Crippen LogP contribution is 2.18. The van der Waals surface area contributed by atoms with E-state index in [1.807, 2.05) is 10.6 Å². The van der Waals surface area contributed by atoms with Crippen molar-refractivity contribution in [2.24, 2.45) is 0 Å². The van der Waals surface area contributed by atoms with Crippen molar-refractivity contribution in [2.45, 2.75) is 32.9 Å². The average Bonchev–Trinajstić information content (AvgIpc) is 2.24. The number of anilines is 1. The lowest BCUT2D eigenvalue weighted by Crippen LogP contribution is -2.34. The number of pyridine rings is 1. The fourth-order valence-electron chi connectivity index (χ4n) is 2.34. The van der Waals surface area contributed by atoms with Crippen LogP contribution in [-0.2, 0) is 19.5 Å². The van der Waals surface area contributed by atoms with E-state index in [0.29, 0.717) is 5.69 Å². The summed E-state index contributed by atoms with van der Waals surface area (Å²) in [5.74, 6) is 0. The molecule has 0 fully saturated rings. The van der Waals surface area contributed by atoms with E-state index in [-0.39, 0.29) is 5.56 Å². The van der Waals surface area contributed by atoms with E-state index < -0.39 is 0 Å². The average molecular weight is 221 g/mol. The Bertz CT molecular complexity index is 450. The Morgan fingerprint density at radius 1 is 1.50 bits per heavy atom. The zero-order valence-corrected chi connectivity index (χ0v) is 9.99. The number of hydrogen-bond acceptors (Lipinski definition) is 3. The van der Waals surface area contributed by atoms with Crippen LogP contribution >= 0.6 is 0 Å². The predicted molar refractivity (Wildman–Crippen MR) is 65.4 cm³/mol. The Morgan fingerprint density at radius 3 is 2.94 bits per heavy atom. The molecule has 2 rings (SSSR count). The van der Waals surface area contributed by atoms with Crippen molar-refractivity contribution in [1.29, 1.82) is 0 Å². The molecule has 4 nitrogen and oxygen atoms in total. The summed E-state index contributed by atoms with van der Waals surface area (Å²) in [7, 11) is 2.09. The van der Waals surface area contributed by atoms with Crippen molar-refractivity contribution in [3.63, 3.8) is 0 Å². The molecule has 0 aromatic carbocycles. The molecule has 88 valence electrons. The maximum Gasteiger partial charge on any atom is 0.273 e. The van der Waals surface area contributed by atoms with E-state index in [1.165, 1.54) is 11.3 Å². The fraction of sp³-hybridized carbons (Fsp3) is 0.583. The molecule has 0 bridgehead atoms. The van der Waals surface area contributed by atoms with E-state index in [4.69, 9.17) is 5.73 Å². The topological polar surface area (TPSA) is 51.3 Å². The number of aromatic nitrogens is 1. The molecule has 1 aliphatic rings. The molecule has 2 heterocycles. The van der Waals surface area contributed by atoms with Crippen LogP contribution in [0.15, 0.2) is 10.9 Å². The largest absolute Gasteiger partial charge is 0.394 e. The highest BCUT2D eigenvalue weighted by atomic mass is 16.1. The maximum absolute atomic E-state index is 11.9. The minimum atomic E-state index is -0.0230. The van der Waals surface area contributed by atoms with Crippen molar-refractivity contribution in [3.05, 3.63) is 27.7 Å². The summed E-state index contributed by atoms with van der Waals surface area (Å²) < 4.78 is 1.86. The van der Waals surface area contributed by atoms with E-state index in [2.05, 4.69) is 18.9 Å². The third kappa shape index (κ3) is 1.85. The van der Waals surface area contributed by atoms with Crippen LogP contribution in [0.4, 0.5) is 5.69 Å². The van der Waals surface area contributed by atoms with E-state index >= 15 is 0 Å². The number of nitrogens with zero attached hydrogens (tertiary/aromatic N) is 2. The summed E-state index contributed by atoms with van der Waals surface area (Å²) in [4.78, 5) is 14.2. The van der Waals surface area contributed by atoms with Gasteiger partial charge in [-0.15, -0.1) is 0 Å². The Balaban J connectivity index is 2.54. The fourth-order valence-corrected chi connectivity index (χ4v) is 2.34. The number of nitrogens with two attached hydrogens (primary N) is 1. The number of likely N-dealkylation sites (N-methyl/N-ethyl adjacent to an activating group) is 1. The van der Waals surface area contributed by atoms with Crippen molar-refractivity contribution in [1.82, 2.24) is 9.47 Å². The SMILES string of the molecule is CCCn1c2c(cc(N)c1=O)CN(C)CC2. The van der Waals surface area contributed by atoms with Gasteiger partial charge in [0.1, 0.15) is 0 Å². The quantitative estimate of drug-likeness (QED) is 0.804. The van der Waals surface area contributed by atoms with Gasteiger partial charge in [0.05, 0.1) is 5.69 Å². The van der Waals surface area contributed by atoms with Crippen molar-refractivity contribution in [2.75, 3.05) is 19.3 Å². The second-order valence-electron chi connectivity index (χ2n) is 4.52. The van der Waals surface area contributed by atoms with Gasteiger partial charge in [-0.05, 0) is 25.1 Å². The minimum absolute atomic E-state index is 0.0230. The van der Waals surface area contributed by atoms with Crippen molar-refractivity contribution in [3.8, 4) is 0 Å². The van der Waals surface area contributed by atoms with Gasteiger partial charge in [-0.2, -0.15) is 0 Å². The first-order valence-corrected chi connectivity index (χ1v) is 5.83. The van der Waals surface area contributed by atoms with Crippen LogP contribution in [-0.4, -0.2) is 23.1 Å². The summed E-state index contributed by atoms with van der Waals surface area (Å²) in [6, 6.07) is 1.85. The molecule has 1 aromatic heterocycles. The van der Waals surface area contributed by atoms with Gasteiger partial charge < -0.3 is 15.2 Å². The molecule has 0 unspecified atom stereocenters. The highest BCUT2D eigenvalue weighted by molar-refractivity contribution is 5.42. The molecule has 0 spiro atoms. The van der Waals surface area contributed by atoms with Crippen LogP contribution in [0, 0.1) is 0 Å². The molecule has 1 aromatic rings. The summed E-state index contributed by atoms with van der Waals surface area (Å²) in [5, 5.41) is 0. The summed E-state index contributed by atoms with van der Waals surface area (Å²) in [6.45, 7) is 4.76. The van der Waals surface area contributed by atoms with E-state index in [0.717, 1.165) is 32.5 Å². The normalized spacial score (nSPS) is 16.1. The van der Waals surface area contributed by atoms with Gasteiger partial charge >= 0.3 is 0 Å². The van der Waals surface area contributed by atoms with Gasteiger partial charge in [-0.1, -0.05) is 6.92 Å². The first-order valence-electron chi connectivity index (χ1n) is 5.83. The van der Waals surface area contributed by atoms with Gasteiger partial charge in [0.2, 0.25) is 0 Å².